The van der Waals surface area contributed by atoms with Crippen LogP contribution in [0.15, 0.2) is 35.4 Å². The molecule has 1 aliphatic rings. The number of aromatic nitrogens is 2. The fourth-order valence-corrected chi connectivity index (χ4v) is 4.50. The van der Waals surface area contributed by atoms with Crippen LogP contribution >= 0.6 is 11.3 Å². The van der Waals surface area contributed by atoms with Crippen molar-refractivity contribution in [1.29, 1.82) is 0 Å². The van der Waals surface area contributed by atoms with Gasteiger partial charge in [-0.25, -0.2) is 4.98 Å². The Balaban J connectivity index is 1.38. The number of hydrogen-bond donors (Lipinski definition) is 0. The molecule has 0 fully saturated rings. The molecular formula is C21H21N3O4S. The van der Waals surface area contributed by atoms with Gasteiger partial charge in [0.1, 0.15) is 11.4 Å². The standard InChI is InChI=1S/C21H21N3O4S/c1-13-14(2)29-20-19(13)21(27)24(12-22-20)10-18(26)28-11-17(25)23-8-7-15-5-3-4-6-16(15)9-23/h3-6,12H,7-11H2,1-2H3. The van der Waals surface area contributed by atoms with Crippen molar-refractivity contribution in [3.63, 3.8) is 0 Å². The Morgan fingerprint density at radius 2 is 1.97 bits per heavy atom. The third-order valence-electron chi connectivity index (χ3n) is 5.30. The van der Waals surface area contributed by atoms with Crippen LogP contribution in [0.5, 0.6) is 0 Å². The molecule has 3 aromatic rings. The van der Waals surface area contributed by atoms with E-state index in [1.807, 2.05) is 32.0 Å². The Hall–Kier alpha value is -3.00. The highest BCUT2D eigenvalue weighted by molar-refractivity contribution is 7.18. The Labute approximate surface area is 171 Å². The number of benzene rings is 1. The topological polar surface area (TPSA) is 81.5 Å². The maximum Gasteiger partial charge on any atom is 0.326 e. The molecule has 0 aliphatic carbocycles. The predicted molar refractivity (Wildman–Crippen MR) is 110 cm³/mol. The van der Waals surface area contributed by atoms with E-state index in [1.54, 1.807) is 4.90 Å². The first-order chi connectivity index (χ1) is 13.9. The van der Waals surface area contributed by atoms with Crippen LogP contribution in [0.3, 0.4) is 0 Å². The van der Waals surface area contributed by atoms with E-state index in [9.17, 15) is 14.4 Å². The summed E-state index contributed by atoms with van der Waals surface area (Å²) in [7, 11) is 0. The molecule has 0 bridgehead atoms. The minimum Gasteiger partial charge on any atom is -0.454 e. The van der Waals surface area contributed by atoms with Gasteiger partial charge in [0.2, 0.25) is 0 Å². The Morgan fingerprint density at radius 1 is 1.21 bits per heavy atom. The summed E-state index contributed by atoms with van der Waals surface area (Å²) in [4.78, 5) is 44.9. The zero-order valence-corrected chi connectivity index (χ0v) is 17.1. The number of fused-ring (bicyclic) bond motifs is 2. The van der Waals surface area contributed by atoms with E-state index < -0.39 is 5.97 Å². The van der Waals surface area contributed by atoms with Crippen LogP contribution in [-0.2, 0) is 33.8 Å². The molecule has 0 atom stereocenters. The maximum atomic E-state index is 12.6. The average Bonchev–Trinajstić information content (AvgIpc) is 3.02. The molecule has 0 N–H and O–H groups in total. The van der Waals surface area contributed by atoms with Crippen molar-refractivity contribution in [2.24, 2.45) is 0 Å². The van der Waals surface area contributed by atoms with Gasteiger partial charge < -0.3 is 9.64 Å². The van der Waals surface area contributed by atoms with Crippen LogP contribution in [0.2, 0.25) is 0 Å². The third kappa shape index (κ3) is 3.80. The Bertz CT molecular complexity index is 1160. The number of ether oxygens (including phenoxy) is 1. The van der Waals surface area contributed by atoms with Crippen LogP contribution in [0.25, 0.3) is 10.2 Å². The molecule has 4 rings (SSSR count). The summed E-state index contributed by atoms with van der Waals surface area (Å²) in [5, 5.41) is 0.533. The van der Waals surface area contributed by atoms with Crippen molar-refractivity contribution in [1.82, 2.24) is 14.5 Å². The van der Waals surface area contributed by atoms with Gasteiger partial charge in [-0.1, -0.05) is 24.3 Å². The molecule has 0 unspecified atom stereocenters. The van der Waals surface area contributed by atoms with Crippen molar-refractivity contribution in [3.8, 4) is 0 Å². The molecule has 0 saturated heterocycles. The highest BCUT2D eigenvalue weighted by atomic mass is 32.1. The molecule has 1 amide bonds. The lowest BCUT2D eigenvalue weighted by atomic mass is 10.00. The van der Waals surface area contributed by atoms with Crippen LogP contribution in [0.1, 0.15) is 21.6 Å². The molecule has 29 heavy (non-hydrogen) atoms. The second kappa shape index (κ2) is 7.79. The number of rotatable bonds is 4. The molecule has 1 aliphatic heterocycles. The lowest BCUT2D eigenvalue weighted by Crippen LogP contribution is -2.39. The van der Waals surface area contributed by atoms with Gasteiger partial charge in [0.15, 0.2) is 6.61 Å². The van der Waals surface area contributed by atoms with Gasteiger partial charge in [-0.15, -0.1) is 11.3 Å². The molecule has 0 radical (unpaired) electrons. The lowest BCUT2D eigenvalue weighted by molar-refractivity contribution is -0.153. The highest BCUT2D eigenvalue weighted by Crippen LogP contribution is 2.25. The van der Waals surface area contributed by atoms with Crippen molar-refractivity contribution in [2.45, 2.75) is 33.4 Å². The molecule has 150 valence electrons. The van der Waals surface area contributed by atoms with Crippen LogP contribution < -0.4 is 5.56 Å². The average molecular weight is 411 g/mol. The number of hydrogen-bond acceptors (Lipinski definition) is 6. The summed E-state index contributed by atoms with van der Waals surface area (Å²) in [6, 6.07) is 8.01. The SMILES string of the molecule is Cc1sc2ncn(CC(=O)OCC(=O)N3CCc4ccccc4C3)c(=O)c2c1C. The zero-order chi connectivity index (χ0) is 20.5. The number of nitrogens with zero attached hydrogens (tertiary/aromatic N) is 3. The number of aryl methyl sites for hydroxylation is 2. The molecule has 7 nitrogen and oxygen atoms in total. The predicted octanol–water partition coefficient (Wildman–Crippen LogP) is 2.20. The lowest BCUT2D eigenvalue weighted by Gasteiger charge is -2.28. The van der Waals surface area contributed by atoms with Crippen LogP contribution in [0, 0.1) is 13.8 Å². The van der Waals surface area contributed by atoms with E-state index in [0.29, 0.717) is 23.3 Å². The van der Waals surface area contributed by atoms with E-state index in [-0.39, 0.29) is 24.6 Å². The van der Waals surface area contributed by atoms with Gasteiger partial charge >= 0.3 is 5.97 Å². The fraction of sp³-hybridized carbons (Fsp3) is 0.333. The van der Waals surface area contributed by atoms with Gasteiger partial charge in [-0.3, -0.25) is 19.0 Å². The van der Waals surface area contributed by atoms with Gasteiger partial charge in [-0.2, -0.15) is 0 Å². The smallest absolute Gasteiger partial charge is 0.326 e. The normalized spacial score (nSPS) is 13.4. The number of amides is 1. The summed E-state index contributed by atoms with van der Waals surface area (Å²) >= 11 is 1.45. The minimum absolute atomic E-state index is 0.238. The summed E-state index contributed by atoms with van der Waals surface area (Å²) in [5.41, 5.74) is 2.97. The number of carbonyl (C=O) groups excluding carboxylic acids is 2. The molecule has 2 aromatic heterocycles. The molecule has 0 spiro atoms. The molecule has 3 heterocycles. The van der Waals surface area contributed by atoms with Gasteiger partial charge in [0.25, 0.3) is 11.5 Å². The third-order valence-corrected chi connectivity index (χ3v) is 6.41. The van der Waals surface area contributed by atoms with E-state index in [0.717, 1.165) is 22.4 Å². The van der Waals surface area contributed by atoms with Crippen molar-refractivity contribution in [2.75, 3.05) is 13.2 Å². The van der Waals surface area contributed by atoms with Crippen molar-refractivity contribution >= 4 is 33.4 Å². The van der Waals surface area contributed by atoms with Gasteiger partial charge in [0.05, 0.1) is 11.7 Å². The van der Waals surface area contributed by atoms with Crippen molar-refractivity contribution < 1.29 is 14.3 Å². The summed E-state index contributed by atoms with van der Waals surface area (Å²) < 4.78 is 6.36. The monoisotopic (exact) mass is 411 g/mol. The molecule has 8 heteroatoms. The first-order valence-electron chi connectivity index (χ1n) is 9.39. The number of esters is 1. The second-order valence-electron chi connectivity index (χ2n) is 7.14. The Morgan fingerprint density at radius 3 is 2.76 bits per heavy atom. The molecule has 1 aromatic carbocycles. The van der Waals surface area contributed by atoms with E-state index >= 15 is 0 Å². The minimum atomic E-state index is -0.636. The number of carbonyl (C=O) groups is 2. The first kappa shape index (κ1) is 19.3. The van der Waals surface area contributed by atoms with Crippen LogP contribution in [-0.4, -0.2) is 39.5 Å². The summed E-state index contributed by atoms with van der Waals surface area (Å²) in [6.07, 6.45) is 2.14. The molecule has 0 saturated carbocycles. The summed E-state index contributed by atoms with van der Waals surface area (Å²) in [6.45, 7) is 4.32. The van der Waals surface area contributed by atoms with Gasteiger partial charge in [0, 0.05) is 18.0 Å². The number of thiophene rings is 1. The fourth-order valence-electron chi connectivity index (χ4n) is 3.51. The first-order valence-corrected chi connectivity index (χ1v) is 10.2. The van der Waals surface area contributed by atoms with E-state index in [2.05, 4.69) is 11.1 Å². The van der Waals surface area contributed by atoms with Gasteiger partial charge in [-0.05, 0) is 37.0 Å². The maximum absolute atomic E-state index is 12.6. The largest absolute Gasteiger partial charge is 0.454 e. The Kier molecular flexibility index (Phi) is 5.19. The highest BCUT2D eigenvalue weighted by Gasteiger charge is 2.21. The van der Waals surface area contributed by atoms with E-state index in [1.165, 1.54) is 27.8 Å². The van der Waals surface area contributed by atoms with Crippen molar-refractivity contribution in [3.05, 3.63) is 62.5 Å². The summed E-state index contributed by atoms with van der Waals surface area (Å²) in [5.74, 6) is -0.873. The van der Waals surface area contributed by atoms with Crippen LogP contribution in [0.4, 0.5) is 0 Å². The van der Waals surface area contributed by atoms with E-state index in [4.69, 9.17) is 4.74 Å². The zero-order valence-electron chi connectivity index (χ0n) is 16.3. The second-order valence-corrected chi connectivity index (χ2v) is 8.34. The molecular weight excluding hydrogens is 390 g/mol. The quantitative estimate of drug-likeness (QED) is 0.615.